The molecule has 0 spiro atoms. The number of ether oxygens (including phenoxy) is 2. The standard InChI is InChI=1S/C27H30F3N3O4S/c1-17(2)20-13-19(36-12-8-4-7-11-25(34)35)14-22-21(20)16-33(38-22)26(18-9-5-3-6-10-18)37-24-15-23(31-32-24)27(28,29)30/h3,5-6,9-10,13-15,17,26H,4,7-8,11-12,16H2,1-2H3,(H,31,32)(H,34,35). The lowest BCUT2D eigenvalue weighted by molar-refractivity contribution is -0.141. The van der Waals surface area contributed by atoms with Gasteiger partial charge in [0.1, 0.15) is 5.75 Å². The van der Waals surface area contributed by atoms with E-state index >= 15 is 0 Å². The molecule has 1 aromatic heterocycles. The number of carboxylic acids is 1. The fraction of sp³-hybridized carbons (Fsp3) is 0.407. The molecule has 4 rings (SSSR count). The van der Waals surface area contributed by atoms with Crippen molar-refractivity contribution in [3.05, 3.63) is 70.9 Å². The number of benzene rings is 2. The number of rotatable bonds is 12. The third kappa shape index (κ3) is 7.02. The number of alkyl halides is 3. The number of nitrogens with one attached hydrogen (secondary N) is 1. The van der Waals surface area contributed by atoms with Crippen LogP contribution in [0, 0.1) is 0 Å². The van der Waals surface area contributed by atoms with Crippen molar-refractivity contribution in [2.24, 2.45) is 0 Å². The molecular weight excluding hydrogens is 519 g/mol. The largest absolute Gasteiger partial charge is 0.494 e. The first-order valence-electron chi connectivity index (χ1n) is 12.4. The number of hydrogen-bond donors (Lipinski definition) is 2. The molecule has 0 radical (unpaired) electrons. The van der Waals surface area contributed by atoms with Gasteiger partial charge in [-0.2, -0.15) is 18.3 Å². The van der Waals surface area contributed by atoms with Gasteiger partial charge in [0.2, 0.25) is 5.88 Å². The molecular formula is C27H30F3N3O4S. The van der Waals surface area contributed by atoms with Gasteiger partial charge in [-0.3, -0.25) is 4.79 Å². The third-order valence-corrected chi connectivity index (χ3v) is 7.22. The van der Waals surface area contributed by atoms with Gasteiger partial charge >= 0.3 is 12.1 Å². The van der Waals surface area contributed by atoms with Gasteiger partial charge in [0.25, 0.3) is 0 Å². The molecule has 38 heavy (non-hydrogen) atoms. The van der Waals surface area contributed by atoms with Crippen LogP contribution in [-0.4, -0.2) is 32.2 Å². The summed E-state index contributed by atoms with van der Waals surface area (Å²) in [5, 5.41) is 14.5. The van der Waals surface area contributed by atoms with Crippen LogP contribution in [0.15, 0.2) is 53.4 Å². The highest BCUT2D eigenvalue weighted by molar-refractivity contribution is 7.97. The van der Waals surface area contributed by atoms with Crippen LogP contribution in [0.4, 0.5) is 13.2 Å². The van der Waals surface area contributed by atoms with E-state index in [1.54, 1.807) is 0 Å². The van der Waals surface area contributed by atoms with E-state index in [0.29, 0.717) is 19.6 Å². The van der Waals surface area contributed by atoms with E-state index in [1.807, 2.05) is 46.8 Å². The summed E-state index contributed by atoms with van der Waals surface area (Å²) in [6.07, 6.45) is -2.94. The normalized spacial score (nSPS) is 14.5. The summed E-state index contributed by atoms with van der Waals surface area (Å²) in [6.45, 7) is 5.23. The van der Waals surface area contributed by atoms with E-state index in [2.05, 4.69) is 24.0 Å². The fourth-order valence-corrected chi connectivity index (χ4v) is 5.39. The lowest BCUT2D eigenvalue weighted by Crippen LogP contribution is -2.24. The average Bonchev–Trinajstić information content (AvgIpc) is 3.51. The van der Waals surface area contributed by atoms with Gasteiger partial charge in [0.05, 0.1) is 6.61 Å². The molecule has 1 aliphatic heterocycles. The van der Waals surface area contributed by atoms with Crippen molar-refractivity contribution in [2.45, 2.75) is 69.3 Å². The first kappa shape index (κ1) is 27.8. The molecule has 7 nitrogen and oxygen atoms in total. The minimum absolute atomic E-state index is 0.0706. The highest BCUT2D eigenvalue weighted by Crippen LogP contribution is 2.46. The minimum atomic E-state index is -4.57. The molecule has 11 heteroatoms. The van der Waals surface area contributed by atoms with Crippen LogP contribution in [0.5, 0.6) is 11.6 Å². The van der Waals surface area contributed by atoms with Crippen LogP contribution in [0.2, 0.25) is 0 Å². The van der Waals surface area contributed by atoms with Crippen molar-refractivity contribution in [3.8, 4) is 11.6 Å². The Hall–Kier alpha value is -3.18. The van der Waals surface area contributed by atoms with E-state index < -0.39 is 24.1 Å². The van der Waals surface area contributed by atoms with E-state index in [4.69, 9.17) is 14.6 Å². The van der Waals surface area contributed by atoms with Gasteiger partial charge in [0.15, 0.2) is 11.9 Å². The van der Waals surface area contributed by atoms with E-state index in [-0.39, 0.29) is 18.2 Å². The van der Waals surface area contributed by atoms with E-state index in [9.17, 15) is 18.0 Å². The van der Waals surface area contributed by atoms with Gasteiger partial charge in [-0.15, -0.1) is 0 Å². The van der Waals surface area contributed by atoms with Crippen LogP contribution in [0.3, 0.4) is 0 Å². The highest BCUT2D eigenvalue weighted by Gasteiger charge is 2.36. The zero-order valence-electron chi connectivity index (χ0n) is 21.1. The van der Waals surface area contributed by atoms with Crippen molar-refractivity contribution in [3.63, 3.8) is 0 Å². The van der Waals surface area contributed by atoms with Crippen LogP contribution in [-0.2, 0) is 17.5 Å². The molecule has 1 unspecified atom stereocenters. The number of carbonyl (C=O) groups is 1. The topological polar surface area (TPSA) is 87.7 Å². The quantitative estimate of drug-likeness (QED) is 0.183. The number of H-pyrrole nitrogens is 1. The molecule has 3 aromatic rings. The number of halogens is 3. The highest BCUT2D eigenvalue weighted by atomic mass is 32.2. The summed E-state index contributed by atoms with van der Waals surface area (Å²) in [6, 6.07) is 14.2. The van der Waals surface area contributed by atoms with Crippen molar-refractivity contribution in [1.82, 2.24) is 14.5 Å². The summed E-state index contributed by atoms with van der Waals surface area (Å²) in [5.74, 6) is 0.0969. The number of fused-ring (bicyclic) bond motifs is 1. The summed E-state index contributed by atoms with van der Waals surface area (Å²) in [7, 11) is 0. The first-order valence-corrected chi connectivity index (χ1v) is 13.2. The fourth-order valence-electron chi connectivity index (χ4n) is 4.22. The Labute approximate surface area is 223 Å². The summed E-state index contributed by atoms with van der Waals surface area (Å²) in [5.41, 5.74) is 2.01. The van der Waals surface area contributed by atoms with Gasteiger partial charge in [-0.05, 0) is 60.4 Å². The van der Waals surface area contributed by atoms with Crippen molar-refractivity contribution < 1.29 is 32.5 Å². The second-order valence-corrected chi connectivity index (χ2v) is 10.5. The summed E-state index contributed by atoms with van der Waals surface area (Å²) < 4.78 is 53.3. The third-order valence-electron chi connectivity index (χ3n) is 6.10. The Morgan fingerprint density at radius 2 is 1.92 bits per heavy atom. The van der Waals surface area contributed by atoms with Gasteiger partial charge in [-0.1, -0.05) is 44.2 Å². The Bertz CT molecular complexity index is 1230. The molecule has 1 aliphatic rings. The molecule has 204 valence electrons. The van der Waals surface area contributed by atoms with E-state index in [1.165, 1.54) is 11.9 Å². The number of unbranched alkanes of at least 4 members (excludes halogenated alkanes) is 2. The van der Waals surface area contributed by atoms with Crippen molar-refractivity contribution in [1.29, 1.82) is 0 Å². The predicted molar refractivity (Wildman–Crippen MR) is 137 cm³/mol. The van der Waals surface area contributed by atoms with Crippen LogP contribution >= 0.6 is 11.9 Å². The Kier molecular flexibility index (Phi) is 8.88. The predicted octanol–water partition coefficient (Wildman–Crippen LogP) is 7.18. The number of aliphatic carboxylic acids is 1. The molecule has 2 N–H and O–H groups in total. The maximum atomic E-state index is 13.1. The average molecular weight is 550 g/mol. The Balaban J connectivity index is 1.52. The van der Waals surface area contributed by atoms with Crippen LogP contribution in [0.1, 0.15) is 74.1 Å². The maximum Gasteiger partial charge on any atom is 0.435 e. The molecule has 0 saturated carbocycles. The Morgan fingerprint density at radius 1 is 1.16 bits per heavy atom. The lowest BCUT2D eigenvalue weighted by atomic mass is 9.96. The molecule has 0 aliphatic carbocycles. The number of carboxylic acid groups (broad SMARTS) is 1. The van der Waals surface area contributed by atoms with Crippen molar-refractivity contribution >= 4 is 17.9 Å². The molecule has 0 saturated heterocycles. The number of nitrogens with zero attached hydrogens (tertiary/aromatic N) is 2. The molecule has 0 fully saturated rings. The second-order valence-electron chi connectivity index (χ2n) is 9.36. The van der Waals surface area contributed by atoms with E-state index in [0.717, 1.165) is 46.2 Å². The zero-order valence-corrected chi connectivity index (χ0v) is 21.9. The summed E-state index contributed by atoms with van der Waals surface area (Å²) in [4.78, 5) is 11.7. The van der Waals surface area contributed by atoms with Gasteiger partial charge in [0, 0.05) is 29.5 Å². The second kappa shape index (κ2) is 12.1. The summed E-state index contributed by atoms with van der Waals surface area (Å²) >= 11 is 1.47. The van der Waals surface area contributed by atoms with Crippen LogP contribution < -0.4 is 9.47 Å². The monoisotopic (exact) mass is 549 g/mol. The van der Waals surface area contributed by atoms with Gasteiger partial charge < -0.3 is 14.6 Å². The molecule has 0 bridgehead atoms. The SMILES string of the molecule is CC(C)c1cc(OCCCCCC(=O)O)cc2c1CN(C(Oc1cc(C(F)(F)F)n[nH]1)c1ccccc1)S2. The first-order chi connectivity index (χ1) is 18.1. The molecule has 1 atom stereocenters. The number of aromatic amines is 1. The Morgan fingerprint density at radius 3 is 2.58 bits per heavy atom. The molecule has 0 amide bonds. The maximum absolute atomic E-state index is 13.1. The number of aromatic nitrogens is 2. The molecule has 2 aromatic carbocycles. The van der Waals surface area contributed by atoms with Gasteiger partial charge in [-0.25, -0.2) is 9.40 Å². The molecule has 2 heterocycles. The smallest absolute Gasteiger partial charge is 0.435 e. The van der Waals surface area contributed by atoms with Crippen molar-refractivity contribution in [2.75, 3.05) is 6.61 Å². The zero-order chi connectivity index (χ0) is 27.3. The van der Waals surface area contributed by atoms with Crippen LogP contribution in [0.25, 0.3) is 0 Å². The number of hydrogen-bond acceptors (Lipinski definition) is 6. The minimum Gasteiger partial charge on any atom is -0.494 e. The lowest BCUT2D eigenvalue weighted by Gasteiger charge is -2.26.